The topological polar surface area (TPSA) is 78.9 Å². The Bertz CT molecular complexity index is 851. The number of rotatable bonds is 8. The highest BCUT2D eigenvalue weighted by Gasteiger charge is 2.38. The van der Waals surface area contributed by atoms with E-state index >= 15 is 0 Å². The monoisotopic (exact) mass is 422 g/mol. The molecule has 2 atom stereocenters. The second kappa shape index (κ2) is 11.1. The van der Waals surface area contributed by atoms with E-state index < -0.39 is 23.8 Å². The molecule has 31 heavy (non-hydrogen) atoms. The second-order valence-electron chi connectivity index (χ2n) is 7.44. The summed E-state index contributed by atoms with van der Waals surface area (Å²) < 4.78 is 16.1. The first kappa shape index (κ1) is 22.3. The predicted molar refractivity (Wildman–Crippen MR) is 113 cm³/mol. The molecule has 0 aromatic heterocycles. The van der Waals surface area contributed by atoms with Crippen LogP contribution in [-0.4, -0.2) is 24.0 Å². The minimum absolute atomic E-state index is 0.0780. The molecule has 1 aliphatic carbocycles. The van der Waals surface area contributed by atoms with Crippen molar-refractivity contribution in [1.82, 2.24) is 0 Å². The third kappa shape index (κ3) is 6.81. The third-order valence-electron chi connectivity index (χ3n) is 5.06. The van der Waals surface area contributed by atoms with Gasteiger partial charge in [-0.2, -0.15) is 0 Å². The van der Waals surface area contributed by atoms with Crippen LogP contribution in [-0.2, 0) is 41.8 Å². The molecule has 0 heterocycles. The van der Waals surface area contributed by atoms with Gasteiger partial charge in [-0.3, -0.25) is 14.4 Å². The minimum atomic E-state index is -1.08. The Kier molecular flexibility index (Phi) is 7.98. The van der Waals surface area contributed by atoms with Crippen molar-refractivity contribution < 1.29 is 28.6 Å². The van der Waals surface area contributed by atoms with E-state index in [1.54, 1.807) is 12.2 Å². The number of hydrogen-bond acceptors (Lipinski definition) is 6. The van der Waals surface area contributed by atoms with Crippen LogP contribution in [0.5, 0.6) is 0 Å². The van der Waals surface area contributed by atoms with Crippen molar-refractivity contribution in [3.63, 3.8) is 0 Å². The maximum atomic E-state index is 12.9. The van der Waals surface area contributed by atoms with E-state index in [1.807, 2.05) is 60.7 Å². The van der Waals surface area contributed by atoms with E-state index in [0.717, 1.165) is 11.1 Å². The zero-order valence-corrected chi connectivity index (χ0v) is 17.4. The van der Waals surface area contributed by atoms with Gasteiger partial charge in [0, 0.05) is 12.8 Å². The molecule has 0 fully saturated rings. The smallest absolute Gasteiger partial charge is 0.321 e. The van der Waals surface area contributed by atoms with Gasteiger partial charge >= 0.3 is 17.9 Å². The maximum Gasteiger partial charge on any atom is 0.321 e. The fraction of sp³-hybridized carbons (Fsp3) is 0.320. The first-order valence-corrected chi connectivity index (χ1v) is 10.3. The van der Waals surface area contributed by atoms with Gasteiger partial charge in [0.25, 0.3) is 0 Å². The average Bonchev–Trinajstić information content (AvgIpc) is 2.79. The molecular weight excluding hydrogens is 396 g/mol. The molecule has 6 heteroatoms. The molecule has 2 aromatic carbocycles. The fourth-order valence-electron chi connectivity index (χ4n) is 3.49. The largest absolute Gasteiger partial charge is 0.460 e. The van der Waals surface area contributed by atoms with Crippen LogP contribution in [0.3, 0.4) is 0 Å². The van der Waals surface area contributed by atoms with E-state index in [9.17, 15) is 14.4 Å². The normalized spacial score (nSPS) is 17.7. The van der Waals surface area contributed by atoms with Crippen LogP contribution in [0.25, 0.3) is 0 Å². The van der Waals surface area contributed by atoms with Gasteiger partial charge in [-0.15, -0.1) is 0 Å². The Labute approximate surface area is 181 Å². The zero-order valence-electron chi connectivity index (χ0n) is 17.4. The molecule has 0 saturated carbocycles. The van der Waals surface area contributed by atoms with Crippen LogP contribution < -0.4 is 0 Å². The summed E-state index contributed by atoms with van der Waals surface area (Å²) >= 11 is 0. The Hall–Kier alpha value is -3.41. The molecule has 0 bridgehead atoms. The lowest BCUT2D eigenvalue weighted by Gasteiger charge is -2.27. The molecule has 1 aliphatic rings. The molecular formula is C25H26O6. The van der Waals surface area contributed by atoms with E-state index in [-0.39, 0.29) is 25.3 Å². The Balaban J connectivity index is 1.69. The van der Waals surface area contributed by atoms with Gasteiger partial charge in [0.15, 0.2) is 5.92 Å². The van der Waals surface area contributed by atoms with Crippen LogP contribution in [0.15, 0.2) is 72.8 Å². The molecule has 0 unspecified atom stereocenters. The predicted octanol–water partition coefficient (Wildman–Crippen LogP) is 3.99. The van der Waals surface area contributed by atoms with Gasteiger partial charge in [0.05, 0.1) is 0 Å². The molecule has 6 nitrogen and oxygen atoms in total. The van der Waals surface area contributed by atoms with Gasteiger partial charge in [-0.25, -0.2) is 0 Å². The van der Waals surface area contributed by atoms with Crippen LogP contribution >= 0.6 is 0 Å². The summed E-state index contributed by atoms with van der Waals surface area (Å²) in [6, 6.07) is 18.6. The average molecular weight is 422 g/mol. The van der Waals surface area contributed by atoms with Gasteiger partial charge in [-0.1, -0.05) is 66.7 Å². The molecule has 162 valence electrons. The van der Waals surface area contributed by atoms with Gasteiger partial charge < -0.3 is 14.2 Å². The van der Waals surface area contributed by atoms with E-state index in [1.165, 1.54) is 6.92 Å². The maximum absolute atomic E-state index is 12.9. The van der Waals surface area contributed by atoms with Crippen LogP contribution in [0.4, 0.5) is 0 Å². The number of carbonyl (C=O) groups is 3. The van der Waals surface area contributed by atoms with Crippen molar-refractivity contribution in [2.45, 2.75) is 39.1 Å². The number of ether oxygens (including phenoxy) is 3. The first-order chi connectivity index (χ1) is 15.0. The molecule has 2 aromatic rings. The van der Waals surface area contributed by atoms with Crippen molar-refractivity contribution in [3.8, 4) is 0 Å². The van der Waals surface area contributed by atoms with Crippen molar-refractivity contribution in [2.24, 2.45) is 11.8 Å². The summed E-state index contributed by atoms with van der Waals surface area (Å²) in [6.07, 6.45) is 4.14. The van der Waals surface area contributed by atoms with Crippen LogP contribution in [0.2, 0.25) is 0 Å². The summed E-state index contributed by atoms with van der Waals surface area (Å²) in [7, 11) is 0. The highest BCUT2D eigenvalue weighted by atomic mass is 16.6. The molecule has 0 aliphatic heterocycles. The summed E-state index contributed by atoms with van der Waals surface area (Å²) in [6.45, 7) is 1.51. The van der Waals surface area contributed by atoms with E-state index in [0.29, 0.717) is 12.8 Å². The Morgan fingerprint density at radius 1 is 0.806 bits per heavy atom. The van der Waals surface area contributed by atoms with Crippen LogP contribution in [0.1, 0.15) is 30.9 Å². The standard InChI is InChI=1S/C25H26O6/c1-18(26)31-22-14-12-21(13-15-22)23(24(27)29-16-19-8-4-2-5-9-19)25(28)30-17-20-10-6-3-7-11-20/h2-12,14,21-23H,13,15-17H2,1H3/t21-,22+/m1/s1. The minimum Gasteiger partial charge on any atom is -0.460 e. The van der Waals surface area contributed by atoms with E-state index in [4.69, 9.17) is 14.2 Å². The van der Waals surface area contributed by atoms with Crippen molar-refractivity contribution in [3.05, 3.63) is 83.9 Å². The summed E-state index contributed by atoms with van der Waals surface area (Å²) in [5.74, 6) is -3.08. The molecule has 3 rings (SSSR count). The van der Waals surface area contributed by atoms with E-state index in [2.05, 4.69) is 0 Å². The summed E-state index contributed by atoms with van der Waals surface area (Å²) in [5.41, 5.74) is 1.67. The molecule has 0 radical (unpaired) electrons. The summed E-state index contributed by atoms with van der Waals surface area (Å²) in [4.78, 5) is 37.0. The lowest BCUT2D eigenvalue weighted by Crippen LogP contribution is -2.35. The highest BCUT2D eigenvalue weighted by Crippen LogP contribution is 2.29. The number of hydrogen-bond donors (Lipinski definition) is 0. The Morgan fingerprint density at radius 3 is 1.74 bits per heavy atom. The third-order valence-corrected chi connectivity index (χ3v) is 5.06. The lowest BCUT2D eigenvalue weighted by atomic mass is 9.83. The number of carbonyl (C=O) groups excluding carboxylic acids is 3. The van der Waals surface area contributed by atoms with Crippen LogP contribution in [0, 0.1) is 11.8 Å². The first-order valence-electron chi connectivity index (χ1n) is 10.3. The molecule has 0 saturated heterocycles. The molecule has 0 amide bonds. The fourth-order valence-corrected chi connectivity index (χ4v) is 3.49. The Morgan fingerprint density at radius 2 is 1.32 bits per heavy atom. The number of benzene rings is 2. The van der Waals surface area contributed by atoms with Gasteiger partial charge in [-0.05, 0) is 30.0 Å². The molecule has 0 spiro atoms. The molecule has 0 N–H and O–H groups in total. The SMILES string of the molecule is CC(=O)O[C@H]1C=C[C@@H](C(C(=O)OCc2ccccc2)C(=O)OCc2ccccc2)CC1. The van der Waals surface area contributed by atoms with Gasteiger partial charge in [0.2, 0.25) is 0 Å². The van der Waals surface area contributed by atoms with Crippen molar-refractivity contribution in [1.29, 1.82) is 0 Å². The lowest BCUT2D eigenvalue weighted by molar-refractivity contribution is -0.166. The number of esters is 3. The summed E-state index contributed by atoms with van der Waals surface area (Å²) in [5, 5.41) is 0. The van der Waals surface area contributed by atoms with Gasteiger partial charge in [0.1, 0.15) is 19.3 Å². The second-order valence-corrected chi connectivity index (χ2v) is 7.44. The number of allylic oxidation sites excluding steroid dienone is 1. The quantitative estimate of drug-likeness (QED) is 0.277. The van der Waals surface area contributed by atoms with Crippen molar-refractivity contribution in [2.75, 3.05) is 0 Å². The zero-order chi connectivity index (χ0) is 22.1. The highest BCUT2D eigenvalue weighted by molar-refractivity contribution is 5.95. The van der Waals surface area contributed by atoms with Crippen molar-refractivity contribution >= 4 is 17.9 Å².